The lowest BCUT2D eigenvalue weighted by Gasteiger charge is -2.36. The van der Waals surface area contributed by atoms with Crippen LogP contribution in [0.25, 0.3) is 0 Å². The maximum absolute atomic E-state index is 13.5. The second-order valence-electron chi connectivity index (χ2n) is 7.96. The Morgan fingerprint density at radius 3 is 2.25 bits per heavy atom. The third kappa shape index (κ3) is 5.14. The Kier molecular flexibility index (Phi) is 6.49. The number of aromatic nitrogens is 2. The molecule has 3 heterocycles. The second kappa shape index (κ2) is 9.64. The number of carbonyl (C=O) groups is 2. The van der Waals surface area contributed by atoms with Crippen LogP contribution >= 0.6 is 0 Å². The number of nitrogens with one attached hydrogen (secondary N) is 1. The van der Waals surface area contributed by atoms with Crippen LogP contribution in [0.1, 0.15) is 27.5 Å². The molecule has 1 aliphatic heterocycles. The molecule has 166 valence electrons. The fourth-order valence-corrected chi connectivity index (χ4v) is 3.90. The highest BCUT2D eigenvalue weighted by Crippen LogP contribution is 2.15. The minimum absolute atomic E-state index is 0.0262. The molecule has 32 heavy (non-hydrogen) atoms. The fourth-order valence-electron chi connectivity index (χ4n) is 3.90. The quantitative estimate of drug-likeness (QED) is 0.643. The van der Waals surface area contributed by atoms with E-state index in [4.69, 9.17) is 4.42 Å². The van der Waals surface area contributed by atoms with Crippen molar-refractivity contribution in [3.63, 3.8) is 0 Å². The van der Waals surface area contributed by atoms with Gasteiger partial charge >= 0.3 is 0 Å². The van der Waals surface area contributed by atoms with Gasteiger partial charge in [-0.3, -0.25) is 9.59 Å². The Morgan fingerprint density at radius 1 is 0.969 bits per heavy atom. The number of anilines is 1. The van der Waals surface area contributed by atoms with Crippen molar-refractivity contribution in [2.75, 3.05) is 31.5 Å². The Labute approximate surface area is 187 Å². The molecular weight excluding hydrogens is 406 g/mol. The van der Waals surface area contributed by atoms with E-state index in [1.54, 1.807) is 21.9 Å². The third-order valence-electron chi connectivity index (χ3n) is 5.48. The minimum atomic E-state index is -0.508. The average Bonchev–Trinajstić information content (AvgIpc) is 3.33. The number of benzene rings is 1. The van der Waals surface area contributed by atoms with Crippen LogP contribution in [0.15, 0.2) is 59.2 Å². The molecule has 2 amide bonds. The molecule has 0 radical (unpaired) electrons. The zero-order chi connectivity index (χ0) is 22.5. The molecule has 0 spiro atoms. The molecule has 0 unspecified atom stereocenters. The summed E-state index contributed by atoms with van der Waals surface area (Å²) in [6, 6.07) is 14.6. The van der Waals surface area contributed by atoms with Crippen LogP contribution in [0.4, 0.5) is 5.95 Å². The highest BCUT2D eigenvalue weighted by molar-refractivity contribution is 5.92. The van der Waals surface area contributed by atoms with E-state index in [2.05, 4.69) is 15.3 Å². The number of amides is 2. The summed E-state index contributed by atoms with van der Waals surface area (Å²) < 4.78 is 5.22. The summed E-state index contributed by atoms with van der Waals surface area (Å²) >= 11 is 0. The summed E-state index contributed by atoms with van der Waals surface area (Å²) in [4.78, 5) is 38.4. The number of furan rings is 1. The van der Waals surface area contributed by atoms with Crippen molar-refractivity contribution < 1.29 is 14.0 Å². The number of aryl methyl sites for hydroxylation is 2. The monoisotopic (exact) mass is 433 g/mol. The molecule has 1 aliphatic rings. The van der Waals surface area contributed by atoms with Crippen LogP contribution in [0.3, 0.4) is 0 Å². The van der Waals surface area contributed by atoms with Gasteiger partial charge in [0.15, 0.2) is 5.76 Å². The smallest absolute Gasteiger partial charge is 0.289 e. The van der Waals surface area contributed by atoms with Crippen molar-refractivity contribution in [3.05, 3.63) is 77.5 Å². The first kappa shape index (κ1) is 21.5. The van der Waals surface area contributed by atoms with Gasteiger partial charge in [0.05, 0.1) is 6.26 Å². The molecule has 4 rings (SSSR count). The molecule has 1 fully saturated rings. The molecule has 1 atom stereocenters. The number of carbonyl (C=O) groups excluding carboxylic acids is 2. The van der Waals surface area contributed by atoms with Crippen molar-refractivity contribution >= 4 is 17.8 Å². The van der Waals surface area contributed by atoms with Crippen LogP contribution < -0.4 is 5.32 Å². The molecule has 0 saturated carbocycles. The Bertz CT molecular complexity index is 1040. The average molecular weight is 434 g/mol. The Hall–Kier alpha value is -3.68. The first-order valence-electron chi connectivity index (χ1n) is 10.7. The van der Waals surface area contributed by atoms with Gasteiger partial charge in [0.25, 0.3) is 5.91 Å². The first-order valence-corrected chi connectivity index (χ1v) is 10.7. The molecule has 1 aromatic carbocycles. The standard InChI is InChI=1S/C24H27N5O3/c1-17-15-18(2)26-24(25-17)27-20(16-19-7-4-3-5-8-19)22(30)28-10-12-29(13-11-28)23(31)21-9-6-14-32-21/h3-9,14-15,20H,10-13,16H2,1-2H3,(H,25,26,27)/t20-/m0/s1. The summed E-state index contributed by atoms with van der Waals surface area (Å²) in [5.74, 6) is 0.593. The summed E-state index contributed by atoms with van der Waals surface area (Å²) in [6.07, 6.45) is 2.00. The van der Waals surface area contributed by atoms with Crippen LogP contribution in [-0.4, -0.2) is 63.8 Å². The number of hydrogen-bond acceptors (Lipinski definition) is 6. The lowest BCUT2D eigenvalue weighted by Crippen LogP contribution is -2.54. The molecule has 1 saturated heterocycles. The predicted molar refractivity (Wildman–Crippen MR) is 120 cm³/mol. The molecule has 8 heteroatoms. The van der Waals surface area contributed by atoms with E-state index in [9.17, 15) is 9.59 Å². The summed E-state index contributed by atoms with van der Waals surface area (Å²) in [5.41, 5.74) is 2.74. The second-order valence-corrected chi connectivity index (χ2v) is 7.96. The normalized spacial score (nSPS) is 14.8. The van der Waals surface area contributed by atoms with E-state index >= 15 is 0 Å². The molecule has 0 aliphatic carbocycles. The highest BCUT2D eigenvalue weighted by Gasteiger charge is 2.30. The number of nitrogens with zero attached hydrogens (tertiary/aromatic N) is 4. The largest absolute Gasteiger partial charge is 0.459 e. The lowest BCUT2D eigenvalue weighted by atomic mass is 10.0. The van der Waals surface area contributed by atoms with Gasteiger partial charge in [-0.15, -0.1) is 0 Å². The van der Waals surface area contributed by atoms with Crippen LogP contribution in [0.5, 0.6) is 0 Å². The summed E-state index contributed by atoms with van der Waals surface area (Å²) in [6.45, 7) is 5.66. The van der Waals surface area contributed by atoms with Gasteiger partial charge in [0, 0.05) is 44.0 Å². The van der Waals surface area contributed by atoms with Crippen molar-refractivity contribution in [3.8, 4) is 0 Å². The van der Waals surface area contributed by atoms with Crippen LogP contribution in [0, 0.1) is 13.8 Å². The zero-order valence-corrected chi connectivity index (χ0v) is 18.3. The minimum Gasteiger partial charge on any atom is -0.459 e. The molecule has 2 aromatic heterocycles. The fraction of sp³-hybridized carbons (Fsp3) is 0.333. The zero-order valence-electron chi connectivity index (χ0n) is 18.3. The summed E-state index contributed by atoms with van der Waals surface area (Å²) in [5, 5.41) is 3.25. The Balaban J connectivity index is 1.46. The molecule has 8 nitrogen and oxygen atoms in total. The number of piperazine rings is 1. The van der Waals surface area contributed by atoms with E-state index in [0.717, 1.165) is 17.0 Å². The molecule has 3 aromatic rings. The Morgan fingerprint density at radius 2 is 1.62 bits per heavy atom. The van der Waals surface area contributed by atoms with Gasteiger partial charge < -0.3 is 19.5 Å². The van der Waals surface area contributed by atoms with Crippen LogP contribution in [0.2, 0.25) is 0 Å². The van der Waals surface area contributed by atoms with Gasteiger partial charge in [-0.1, -0.05) is 30.3 Å². The van der Waals surface area contributed by atoms with Gasteiger partial charge in [0.1, 0.15) is 6.04 Å². The maximum atomic E-state index is 13.5. The lowest BCUT2D eigenvalue weighted by molar-refractivity contribution is -0.133. The third-order valence-corrected chi connectivity index (χ3v) is 5.48. The van der Waals surface area contributed by atoms with Crippen molar-refractivity contribution in [2.24, 2.45) is 0 Å². The first-order chi connectivity index (χ1) is 15.5. The molecule has 1 N–H and O–H groups in total. The van der Waals surface area contributed by atoms with Gasteiger partial charge in [0.2, 0.25) is 11.9 Å². The van der Waals surface area contributed by atoms with Crippen molar-refractivity contribution in [1.29, 1.82) is 0 Å². The van der Waals surface area contributed by atoms with Crippen LogP contribution in [-0.2, 0) is 11.2 Å². The number of rotatable bonds is 6. The highest BCUT2D eigenvalue weighted by atomic mass is 16.3. The molecule has 0 bridgehead atoms. The maximum Gasteiger partial charge on any atom is 0.289 e. The van der Waals surface area contributed by atoms with Gasteiger partial charge in [-0.05, 0) is 37.6 Å². The predicted octanol–water partition coefficient (Wildman–Crippen LogP) is 2.69. The number of hydrogen-bond donors (Lipinski definition) is 1. The van der Waals surface area contributed by atoms with E-state index in [0.29, 0.717) is 44.3 Å². The topological polar surface area (TPSA) is 91.6 Å². The van der Waals surface area contributed by atoms with E-state index in [1.165, 1.54) is 6.26 Å². The summed E-state index contributed by atoms with van der Waals surface area (Å²) in [7, 11) is 0. The van der Waals surface area contributed by atoms with E-state index in [-0.39, 0.29) is 11.8 Å². The van der Waals surface area contributed by atoms with E-state index in [1.807, 2.05) is 50.2 Å². The van der Waals surface area contributed by atoms with E-state index < -0.39 is 6.04 Å². The van der Waals surface area contributed by atoms with Crippen molar-refractivity contribution in [1.82, 2.24) is 19.8 Å². The van der Waals surface area contributed by atoms with Gasteiger partial charge in [-0.25, -0.2) is 9.97 Å². The van der Waals surface area contributed by atoms with Crippen molar-refractivity contribution in [2.45, 2.75) is 26.3 Å². The molecular formula is C24H27N5O3. The van der Waals surface area contributed by atoms with Gasteiger partial charge in [-0.2, -0.15) is 0 Å². The SMILES string of the molecule is Cc1cc(C)nc(N[C@@H](Cc2ccccc2)C(=O)N2CCN(C(=O)c3ccco3)CC2)n1.